The number of piperazine rings is 1. The van der Waals surface area contributed by atoms with E-state index in [-0.39, 0.29) is 40.9 Å². The van der Waals surface area contributed by atoms with Crippen molar-refractivity contribution < 1.29 is 37.4 Å². The zero-order valence-corrected chi connectivity index (χ0v) is 28.5. The molecular formula is C34H38F3N9O5. The molecule has 3 N–H and O–H groups in total. The summed E-state index contributed by atoms with van der Waals surface area (Å²) < 4.78 is 49.4. The van der Waals surface area contributed by atoms with Crippen LogP contribution in [0.4, 0.5) is 44.9 Å². The number of ether oxygens (including phenoxy) is 1. The summed E-state index contributed by atoms with van der Waals surface area (Å²) in [5, 5.41) is 15.3. The average molecular weight is 710 g/mol. The van der Waals surface area contributed by atoms with Gasteiger partial charge < -0.3 is 24.6 Å². The van der Waals surface area contributed by atoms with Crippen LogP contribution in [0.1, 0.15) is 50.8 Å². The average Bonchev–Trinajstić information content (AvgIpc) is 3.81. The lowest BCUT2D eigenvalue weighted by atomic mass is 10.0. The molecule has 6 rings (SSSR count). The highest BCUT2D eigenvalue weighted by molar-refractivity contribution is 6.15. The number of hydrogen-bond acceptors (Lipinski definition) is 9. The normalized spacial score (nSPS) is 15.8. The van der Waals surface area contributed by atoms with Gasteiger partial charge in [0, 0.05) is 68.0 Å². The van der Waals surface area contributed by atoms with Crippen molar-refractivity contribution >= 4 is 46.6 Å². The first kappa shape index (κ1) is 35.5. The third-order valence-electron chi connectivity index (χ3n) is 8.49. The van der Waals surface area contributed by atoms with Crippen LogP contribution in [0.25, 0.3) is 22.2 Å². The largest absolute Gasteiger partial charge is 0.464 e. The summed E-state index contributed by atoms with van der Waals surface area (Å²) in [5.41, 5.74) is -0.293. The van der Waals surface area contributed by atoms with E-state index in [2.05, 4.69) is 30.5 Å². The number of nitrogens with one attached hydrogen (secondary N) is 2. The third-order valence-corrected chi connectivity index (χ3v) is 8.49. The number of urea groups is 1. The number of alkyl halides is 3. The van der Waals surface area contributed by atoms with Crippen molar-refractivity contribution in [3.05, 3.63) is 60.2 Å². The number of likely N-dealkylation sites (N-methyl/N-ethyl adjacent to an activating group) is 1. The van der Waals surface area contributed by atoms with E-state index in [0.29, 0.717) is 34.8 Å². The van der Waals surface area contributed by atoms with Crippen LogP contribution in [0.3, 0.4) is 0 Å². The Kier molecular flexibility index (Phi) is 9.61. The van der Waals surface area contributed by atoms with Crippen molar-refractivity contribution in [2.75, 3.05) is 48.8 Å². The van der Waals surface area contributed by atoms with E-state index in [0.717, 1.165) is 32.0 Å². The Morgan fingerprint density at radius 1 is 1.00 bits per heavy atom. The highest BCUT2D eigenvalue weighted by atomic mass is 19.4. The summed E-state index contributed by atoms with van der Waals surface area (Å²) >= 11 is 0. The number of pyridine rings is 1. The monoisotopic (exact) mass is 709 g/mol. The quantitative estimate of drug-likeness (QED) is 0.190. The number of hydrogen-bond donors (Lipinski definition) is 3. The second-order valence-corrected chi connectivity index (χ2v) is 13.6. The number of carboxylic acid groups (broad SMARTS) is 1. The van der Waals surface area contributed by atoms with Gasteiger partial charge in [-0.2, -0.15) is 18.1 Å². The molecular weight excluding hydrogens is 671 g/mol. The van der Waals surface area contributed by atoms with Crippen molar-refractivity contribution in [3.8, 4) is 11.1 Å². The summed E-state index contributed by atoms with van der Waals surface area (Å²) in [5.74, 6) is -0.0900. The Labute approximate surface area is 291 Å². The number of aromatic nitrogens is 4. The Morgan fingerprint density at radius 3 is 2.33 bits per heavy atom. The molecule has 1 aliphatic heterocycles. The van der Waals surface area contributed by atoms with Crippen LogP contribution in [0.5, 0.6) is 0 Å². The van der Waals surface area contributed by atoms with E-state index in [1.165, 1.54) is 30.7 Å². The number of carbonyl (C=O) groups excluding carboxylic acids is 2. The molecule has 4 amide bonds. The highest BCUT2D eigenvalue weighted by Gasteiger charge is 2.36. The second-order valence-electron chi connectivity index (χ2n) is 13.6. The predicted molar refractivity (Wildman–Crippen MR) is 183 cm³/mol. The molecule has 0 bridgehead atoms. The van der Waals surface area contributed by atoms with E-state index in [1.807, 2.05) is 16.5 Å². The number of halogens is 3. The fourth-order valence-electron chi connectivity index (χ4n) is 5.86. The third kappa shape index (κ3) is 8.20. The summed E-state index contributed by atoms with van der Waals surface area (Å²) in [6, 6.07) is 6.18. The summed E-state index contributed by atoms with van der Waals surface area (Å²) in [7, 11) is 1.97. The van der Waals surface area contributed by atoms with Gasteiger partial charge in [-0.05, 0) is 70.5 Å². The van der Waals surface area contributed by atoms with Crippen LogP contribution >= 0.6 is 0 Å². The minimum absolute atomic E-state index is 0.0352. The van der Waals surface area contributed by atoms with Gasteiger partial charge in [-0.3, -0.25) is 10.2 Å². The van der Waals surface area contributed by atoms with Gasteiger partial charge in [0.2, 0.25) is 0 Å². The van der Waals surface area contributed by atoms with Gasteiger partial charge in [0.25, 0.3) is 0 Å². The van der Waals surface area contributed by atoms with E-state index in [1.54, 1.807) is 33.0 Å². The van der Waals surface area contributed by atoms with Crippen LogP contribution in [-0.2, 0) is 17.5 Å². The van der Waals surface area contributed by atoms with Crippen molar-refractivity contribution in [2.45, 2.75) is 58.0 Å². The Hall–Kier alpha value is -5.29. The van der Waals surface area contributed by atoms with Crippen LogP contribution in [0.2, 0.25) is 0 Å². The molecule has 1 aliphatic carbocycles. The SMILES string of the molecule is CN1CCN(Cc2ccc(NC(=O)Nc3ccc(-c4cn(C5CC5)c5ncnc(N(C(=O)O)C(=O)OC(C)(C)C)c45)cn3)cc2C(F)(F)F)CC1. The molecule has 0 spiro atoms. The van der Waals surface area contributed by atoms with Gasteiger partial charge in [-0.25, -0.2) is 29.3 Å². The molecule has 0 atom stereocenters. The fourth-order valence-corrected chi connectivity index (χ4v) is 5.86. The second kappa shape index (κ2) is 13.8. The molecule has 0 unspecified atom stereocenters. The fraction of sp³-hybridized carbons (Fsp3) is 0.412. The molecule has 17 heteroatoms. The topological polar surface area (TPSA) is 158 Å². The number of amides is 4. The van der Waals surface area contributed by atoms with Crippen molar-refractivity contribution in [1.82, 2.24) is 29.3 Å². The van der Waals surface area contributed by atoms with Gasteiger partial charge >= 0.3 is 24.4 Å². The smallest absolute Gasteiger partial charge is 0.425 e. The van der Waals surface area contributed by atoms with E-state index < -0.39 is 35.6 Å². The lowest BCUT2D eigenvalue weighted by Crippen LogP contribution is -2.44. The summed E-state index contributed by atoms with van der Waals surface area (Å²) in [6.45, 7) is 7.85. The number of nitrogens with zero attached hydrogens (tertiary/aromatic N) is 7. The number of carbonyl (C=O) groups is 3. The zero-order valence-electron chi connectivity index (χ0n) is 28.5. The van der Waals surface area contributed by atoms with Crippen molar-refractivity contribution in [1.29, 1.82) is 0 Å². The minimum Gasteiger partial charge on any atom is -0.464 e. The molecule has 1 saturated heterocycles. The molecule has 2 fully saturated rings. The number of imide groups is 1. The predicted octanol–water partition coefficient (Wildman–Crippen LogP) is 6.66. The van der Waals surface area contributed by atoms with E-state index >= 15 is 0 Å². The Bertz CT molecular complexity index is 1950. The number of anilines is 3. The molecule has 14 nitrogen and oxygen atoms in total. The van der Waals surface area contributed by atoms with Gasteiger partial charge in [0.05, 0.1) is 10.9 Å². The Balaban J connectivity index is 1.22. The summed E-state index contributed by atoms with van der Waals surface area (Å²) in [4.78, 5) is 55.7. The van der Waals surface area contributed by atoms with Gasteiger partial charge in [0.15, 0.2) is 5.82 Å². The minimum atomic E-state index is -4.62. The maximum atomic E-state index is 14.0. The number of benzene rings is 1. The lowest BCUT2D eigenvalue weighted by Gasteiger charge is -2.33. The molecule has 0 radical (unpaired) electrons. The molecule has 2 aliphatic rings. The Morgan fingerprint density at radius 2 is 1.73 bits per heavy atom. The summed E-state index contributed by atoms with van der Waals surface area (Å²) in [6.07, 6.45) is -1.16. The van der Waals surface area contributed by atoms with Gasteiger partial charge in [-0.1, -0.05) is 6.07 Å². The molecule has 1 saturated carbocycles. The first-order valence-electron chi connectivity index (χ1n) is 16.3. The van der Waals surface area contributed by atoms with Gasteiger partial charge in [0.1, 0.15) is 23.4 Å². The molecule has 51 heavy (non-hydrogen) atoms. The van der Waals surface area contributed by atoms with Crippen molar-refractivity contribution in [3.63, 3.8) is 0 Å². The van der Waals surface area contributed by atoms with Gasteiger partial charge in [-0.15, -0.1) is 0 Å². The van der Waals surface area contributed by atoms with Crippen molar-refractivity contribution in [2.24, 2.45) is 0 Å². The number of fused-ring (bicyclic) bond motifs is 1. The van der Waals surface area contributed by atoms with Crippen LogP contribution in [0, 0.1) is 0 Å². The zero-order chi connectivity index (χ0) is 36.7. The van der Waals surface area contributed by atoms with Crippen LogP contribution < -0.4 is 15.5 Å². The molecule has 270 valence electrons. The molecule has 3 aromatic heterocycles. The maximum absolute atomic E-state index is 14.0. The molecule has 4 heterocycles. The van der Waals surface area contributed by atoms with Crippen LogP contribution in [0.15, 0.2) is 49.1 Å². The van der Waals surface area contributed by atoms with E-state index in [9.17, 15) is 32.7 Å². The first-order valence-corrected chi connectivity index (χ1v) is 16.3. The molecule has 1 aromatic carbocycles. The van der Waals surface area contributed by atoms with E-state index in [4.69, 9.17) is 4.74 Å². The standard InChI is InChI=1S/C34H38F3N9O5/c1-33(2,3)51-32(50)46(31(48)49)29-27-24(18-45(23-8-9-23)28(27)39-19-40-29)20-6-10-26(38-16-20)42-30(47)41-22-7-5-21(25(15-22)34(35,36)37)17-44-13-11-43(4)12-14-44/h5-7,10,15-16,18-19,23H,8-9,11-14,17H2,1-4H3,(H,48,49)(H2,38,41,42,47). The first-order chi connectivity index (χ1) is 24.1. The maximum Gasteiger partial charge on any atom is 0.425 e. The highest BCUT2D eigenvalue weighted by Crippen LogP contribution is 2.43. The van der Waals surface area contributed by atoms with Crippen LogP contribution in [-0.4, -0.2) is 91.5 Å². The lowest BCUT2D eigenvalue weighted by molar-refractivity contribution is -0.138. The molecule has 4 aromatic rings. The number of rotatable bonds is 7.